The number of carbonyl (C=O) groups is 2. The lowest BCUT2D eigenvalue weighted by molar-refractivity contribution is 0.0735. The molecule has 1 aromatic carbocycles. The number of amides is 3. The maximum absolute atomic E-state index is 12.8. The molecular formula is C20H23N5O2. The Hall–Kier alpha value is -2.96. The van der Waals surface area contributed by atoms with E-state index in [1.165, 1.54) is 12.4 Å². The zero-order chi connectivity index (χ0) is 18.6. The molecule has 27 heavy (non-hydrogen) atoms. The Kier molecular flexibility index (Phi) is 5.00. The SMILES string of the molecule is O=C(c1cnccn1)N1C[C@@H]2CC[C@H](C1)N(C(=O)NCc1ccccc1)C2. The van der Waals surface area contributed by atoms with Crippen molar-refractivity contribution in [1.29, 1.82) is 0 Å². The number of urea groups is 1. The second-order valence-corrected chi connectivity index (χ2v) is 7.19. The van der Waals surface area contributed by atoms with Crippen molar-refractivity contribution in [1.82, 2.24) is 25.1 Å². The maximum Gasteiger partial charge on any atom is 0.317 e. The molecule has 4 heterocycles. The summed E-state index contributed by atoms with van der Waals surface area (Å²) < 4.78 is 0. The summed E-state index contributed by atoms with van der Waals surface area (Å²) in [5.41, 5.74) is 1.43. The van der Waals surface area contributed by atoms with Crippen LogP contribution in [0.1, 0.15) is 28.9 Å². The lowest BCUT2D eigenvalue weighted by Crippen LogP contribution is -2.51. The summed E-state index contributed by atoms with van der Waals surface area (Å²) in [6, 6.07) is 9.87. The van der Waals surface area contributed by atoms with Crippen LogP contribution >= 0.6 is 0 Å². The standard InChI is InChI=1S/C20H23N5O2/c26-19(18-11-21-8-9-22-18)24-12-16-6-7-17(14-24)25(13-16)20(27)23-10-15-4-2-1-3-5-15/h1-5,8-9,11,16-17H,6-7,10,12-14H2,(H,23,27)/t16-,17+/m0/s1. The van der Waals surface area contributed by atoms with Crippen molar-refractivity contribution >= 4 is 11.9 Å². The molecule has 3 aliphatic heterocycles. The molecule has 0 saturated carbocycles. The van der Waals surface area contributed by atoms with Crippen molar-refractivity contribution in [2.75, 3.05) is 19.6 Å². The van der Waals surface area contributed by atoms with Crippen LogP contribution in [0.5, 0.6) is 0 Å². The molecule has 2 aromatic rings. The molecule has 0 radical (unpaired) electrons. The molecule has 7 heteroatoms. The maximum atomic E-state index is 12.8. The minimum Gasteiger partial charge on any atom is -0.335 e. The number of nitrogens with one attached hydrogen (secondary N) is 1. The fraction of sp³-hybridized carbons (Fsp3) is 0.400. The van der Waals surface area contributed by atoms with Crippen LogP contribution in [0.15, 0.2) is 48.9 Å². The van der Waals surface area contributed by atoms with Gasteiger partial charge in [-0.05, 0) is 24.3 Å². The Morgan fingerprint density at radius 1 is 1.07 bits per heavy atom. The van der Waals surface area contributed by atoms with Gasteiger partial charge in [0, 0.05) is 38.6 Å². The van der Waals surface area contributed by atoms with Crippen LogP contribution in [0.2, 0.25) is 0 Å². The van der Waals surface area contributed by atoms with Crippen molar-refractivity contribution in [3.8, 4) is 0 Å². The highest BCUT2D eigenvalue weighted by Crippen LogP contribution is 2.28. The number of benzene rings is 1. The predicted octanol–water partition coefficient (Wildman–Crippen LogP) is 1.92. The van der Waals surface area contributed by atoms with Crippen LogP contribution < -0.4 is 5.32 Å². The molecule has 7 nitrogen and oxygen atoms in total. The van der Waals surface area contributed by atoms with E-state index in [1.807, 2.05) is 40.1 Å². The highest BCUT2D eigenvalue weighted by Gasteiger charge is 2.39. The van der Waals surface area contributed by atoms with Crippen molar-refractivity contribution in [3.63, 3.8) is 0 Å². The fourth-order valence-electron chi connectivity index (χ4n) is 3.94. The van der Waals surface area contributed by atoms with E-state index >= 15 is 0 Å². The van der Waals surface area contributed by atoms with Crippen molar-refractivity contribution < 1.29 is 9.59 Å². The van der Waals surface area contributed by atoms with Crippen LogP contribution in [0.25, 0.3) is 0 Å². The minimum absolute atomic E-state index is 0.0418. The average molecular weight is 365 g/mol. The Bertz CT molecular complexity index is 799. The molecule has 1 N–H and O–H groups in total. The van der Waals surface area contributed by atoms with Gasteiger partial charge in [-0.15, -0.1) is 0 Å². The fourth-order valence-corrected chi connectivity index (χ4v) is 3.94. The van der Waals surface area contributed by atoms with E-state index in [2.05, 4.69) is 15.3 Å². The van der Waals surface area contributed by atoms with Gasteiger partial charge in [-0.3, -0.25) is 9.78 Å². The normalized spacial score (nSPS) is 21.6. The molecule has 0 spiro atoms. The number of hydrogen-bond donors (Lipinski definition) is 1. The number of rotatable bonds is 3. The van der Waals surface area contributed by atoms with Gasteiger partial charge in [0.05, 0.1) is 12.2 Å². The summed E-state index contributed by atoms with van der Waals surface area (Å²) >= 11 is 0. The topological polar surface area (TPSA) is 78.4 Å². The van der Waals surface area contributed by atoms with E-state index < -0.39 is 0 Å². The first-order valence-corrected chi connectivity index (χ1v) is 9.34. The highest BCUT2D eigenvalue weighted by atomic mass is 16.2. The van der Waals surface area contributed by atoms with Gasteiger partial charge < -0.3 is 15.1 Å². The third-order valence-corrected chi connectivity index (χ3v) is 5.33. The first-order valence-electron chi connectivity index (χ1n) is 9.34. The van der Waals surface area contributed by atoms with Crippen LogP contribution in [0.4, 0.5) is 4.79 Å². The monoisotopic (exact) mass is 365 g/mol. The van der Waals surface area contributed by atoms with Gasteiger partial charge in [-0.25, -0.2) is 9.78 Å². The van der Waals surface area contributed by atoms with Crippen LogP contribution in [-0.2, 0) is 6.54 Å². The second-order valence-electron chi connectivity index (χ2n) is 7.19. The Morgan fingerprint density at radius 2 is 1.93 bits per heavy atom. The van der Waals surface area contributed by atoms with Gasteiger partial charge in [0.25, 0.3) is 5.91 Å². The predicted molar refractivity (Wildman–Crippen MR) is 99.8 cm³/mol. The van der Waals surface area contributed by atoms with Gasteiger partial charge in [0.15, 0.2) is 0 Å². The third kappa shape index (κ3) is 3.92. The second kappa shape index (κ2) is 7.73. The summed E-state index contributed by atoms with van der Waals surface area (Å²) in [6.45, 7) is 2.41. The molecule has 3 aliphatic rings. The number of hydrogen-bond acceptors (Lipinski definition) is 4. The number of carbonyl (C=O) groups excluding carboxylic acids is 2. The summed E-state index contributed by atoms with van der Waals surface area (Å²) in [6.07, 6.45) is 6.55. The van der Waals surface area contributed by atoms with E-state index in [4.69, 9.17) is 0 Å². The highest BCUT2D eigenvalue weighted by molar-refractivity contribution is 5.92. The van der Waals surface area contributed by atoms with E-state index in [-0.39, 0.29) is 18.0 Å². The first kappa shape index (κ1) is 17.5. The molecule has 3 amide bonds. The minimum atomic E-state index is -0.105. The molecule has 0 unspecified atom stereocenters. The molecule has 0 aliphatic carbocycles. The third-order valence-electron chi connectivity index (χ3n) is 5.33. The number of nitrogens with zero attached hydrogens (tertiary/aromatic N) is 4. The summed E-state index contributed by atoms with van der Waals surface area (Å²) in [4.78, 5) is 37.4. The molecule has 2 bridgehead atoms. The van der Waals surface area contributed by atoms with Gasteiger partial charge in [-0.2, -0.15) is 0 Å². The van der Waals surface area contributed by atoms with Gasteiger partial charge >= 0.3 is 6.03 Å². The molecule has 3 saturated heterocycles. The smallest absolute Gasteiger partial charge is 0.317 e. The Balaban J connectivity index is 1.42. The summed E-state index contributed by atoms with van der Waals surface area (Å²) in [7, 11) is 0. The Morgan fingerprint density at radius 3 is 2.70 bits per heavy atom. The van der Waals surface area contributed by atoms with Gasteiger partial charge in [0.2, 0.25) is 0 Å². The Labute approximate surface area is 158 Å². The van der Waals surface area contributed by atoms with E-state index in [9.17, 15) is 9.59 Å². The van der Waals surface area contributed by atoms with Gasteiger partial charge in [-0.1, -0.05) is 30.3 Å². The molecule has 1 aromatic heterocycles. The average Bonchev–Trinajstić information content (AvgIpc) is 3.05. The first-order chi connectivity index (χ1) is 13.2. The van der Waals surface area contributed by atoms with E-state index in [1.54, 1.807) is 6.20 Å². The summed E-state index contributed by atoms with van der Waals surface area (Å²) in [5.74, 6) is 0.193. The van der Waals surface area contributed by atoms with Crippen molar-refractivity contribution in [2.24, 2.45) is 5.92 Å². The largest absolute Gasteiger partial charge is 0.335 e. The summed E-state index contributed by atoms with van der Waals surface area (Å²) in [5, 5.41) is 3.02. The number of piperidine rings is 1. The van der Waals surface area contributed by atoms with E-state index in [0.717, 1.165) is 18.4 Å². The molecule has 2 atom stereocenters. The van der Waals surface area contributed by atoms with E-state index in [0.29, 0.717) is 37.8 Å². The van der Waals surface area contributed by atoms with Crippen molar-refractivity contribution in [2.45, 2.75) is 25.4 Å². The molecular weight excluding hydrogens is 342 g/mol. The lowest BCUT2D eigenvalue weighted by Gasteiger charge is -2.36. The quantitative estimate of drug-likeness (QED) is 0.901. The zero-order valence-electron chi connectivity index (χ0n) is 15.1. The lowest BCUT2D eigenvalue weighted by atomic mass is 9.95. The van der Waals surface area contributed by atoms with Crippen LogP contribution in [0, 0.1) is 5.92 Å². The molecule has 3 fully saturated rings. The molecule has 140 valence electrons. The van der Waals surface area contributed by atoms with Crippen LogP contribution in [-0.4, -0.2) is 57.4 Å². The molecule has 5 rings (SSSR count). The zero-order valence-corrected chi connectivity index (χ0v) is 15.1. The van der Waals surface area contributed by atoms with Gasteiger partial charge in [0.1, 0.15) is 5.69 Å². The number of aromatic nitrogens is 2. The van der Waals surface area contributed by atoms with Crippen LogP contribution in [0.3, 0.4) is 0 Å². The number of fused-ring (bicyclic) bond motifs is 4. The van der Waals surface area contributed by atoms with Crippen molar-refractivity contribution in [3.05, 3.63) is 60.2 Å².